The number of fused-ring (bicyclic) bond motifs is 6. The van der Waals surface area contributed by atoms with E-state index in [2.05, 4.69) is 120 Å². The van der Waals surface area contributed by atoms with Crippen molar-refractivity contribution in [1.29, 1.82) is 0 Å². The minimum absolute atomic E-state index is 0.0464. The molecule has 0 radical (unpaired) electrons. The van der Waals surface area contributed by atoms with Crippen molar-refractivity contribution in [3.05, 3.63) is 255 Å². The first-order valence-corrected chi connectivity index (χ1v) is 22.8. The molecular formula is C60H42N2Si. The van der Waals surface area contributed by atoms with Crippen molar-refractivity contribution < 1.29 is 16.4 Å². The summed E-state index contributed by atoms with van der Waals surface area (Å²) in [6.45, 7) is 0. The highest BCUT2D eigenvalue weighted by Gasteiger charge is 2.43. The van der Waals surface area contributed by atoms with Gasteiger partial charge in [-0.15, -0.1) is 0 Å². The Labute approximate surface area is 385 Å². The third-order valence-electron chi connectivity index (χ3n) is 12.2. The quantitative estimate of drug-likeness (QED) is 0.107. The van der Waals surface area contributed by atoms with E-state index in [1.807, 2.05) is 66.7 Å². The normalized spacial score (nSPS) is 14.5. The van der Waals surface area contributed by atoms with Gasteiger partial charge in [-0.25, -0.2) is 0 Å². The van der Waals surface area contributed by atoms with E-state index >= 15 is 0 Å². The van der Waals surface area contributed by atoms with Crippen LogP contribution in [0, 0.1) is 0 Å². The van der Waals surface area contributed by atoms with E-state index in [0.717, 1.165) is 59.4 Å². The Morgan fingerprint density at radius 1 is 0.365 bits per heavy atom. The van der Waals surface area contributed by atoms with Crippen LogP contribution < -0.4 is 20.7 Å². The molecule has 0 aliphatic rings. The molecule has 63 heavy (non-hydrogen) atoms. The summed E-state index contributed by atoms with van der Waals surface area (Å²) in [4.78, 5) is 0. The molecule has 2 heterocycles. The third-order valence-corrected chi connectivity index (χ3v) is 17.0. The second-order valence-corrected chi connectivity index (χ2v) is 19.3. The van der Waals surface area contributed by atoms with Gasteiger partial charge in [0.05, 0.1) is 44.2 Å². The van der Waals surface area contributed by atoms with E-state index in [-0.39, 0.29) is 21.8 Å². The van der Waals surface area contributed by atoms with Gasteiger partial charge >= 0.3 is 0 Å². The fourth-order valence-corrected chi connectivity index (χ4v) is 14.6. The van der Waals surface area contributed by atoms with Crippen LogP contribution in [0.1, 0.15) is 16.4 Å². The average molecular weight is 831 g/mol. The topological polar surface area (TPSA) is 9.86 Å². The van der Waals surface area contributed by atoms with Crippen molar-refractivity contribution in [2.24, 2.45) is 0 Å². The smallest absolute Gasteiger partial charge is 0.180 e. The molecular weight excluding hydrogens is 777 g/mol. The largest absolute Gasteiger partial charge is 0.309 e. The van der Waals surface area contributed by atoms with E-state index < -0.39 is 91.7 Å². The summed E-state index contributed by atoms with van der Waals surface area (Å²) >= 11 is 0. The summed E-state index contributed by atoms with van der Waals surface area (Å²) in [6.07, 6.45) is 0. The van der Waals surface area contributed by atoms with E-state index in [1.165, 1.54) is 4.57 Å². The Balaban J connectivity index is 1.28. The third kappa shape index (κ3) is 5.85. The van der Waals surface area contributed by atoms with Gasteiger partial charge in [0.25, 0.3) is 0 Å². The number of hydrogen-bond acceptors (Lipinski definition) is 0. The minimum atomic E-state index is -3.30. The zero-order valence-corrected chi connectivity index (χ0v) is 34.7. The predicted molar refractivity (Wildman–Crippen MR) is 270 cm³/mol. The van der Waals surface area contributed by atoms with E-state index in [4.69, 9.17) is 9.60 Å². The maximum absolute atomic E-state index is 9.82. The first-order valence-electron chi connectivity index (χ1n) is 26.8. The van der Waals surface area contributed by atoms with Gasteiger partial charge in [0, 0.05) is 32.8 Å². The molecule has 3 heteroatoms. The molecule has 2 aromatic heterocycles. The number of hydrogen-bond donors (Lipinski definition) is 0. The monoisotopic (exact) mass is 830 g/mol. The summed E-state index contributed by atoms with van der Waals surface area (Å²) in [5.74, 6) is 0. The summed E-state index contributed by atoms with van der Waals surface area (Å²) in [7, 11) is -3.30. The van der Waals surface area contributed by atoms with Crippen LogP contribution in [-0.4, -0.2) is 17.2 Å². The van der Waals surface area contributed by atoms with Crippen molar-refractivity contribution in [2.75, 3.05) is 0 Å². The Morgan fingerprint density at radius 3 is 1.67 bits per heavy atom. The first-order chi connectivity index (χ1) is 36.3. The van der Waals surface area contributed by atoms with Gasteiger partial charge in [-0.2, -0.15) is 0 Å². The zero-order chi connectivity index (χ0) is 52.2. The molecule has 0 atom stereocenters. The number of rotatable bonds is 8. The van der Waals surface area contributed by atoms with E-state index in [0.29, 0.717) is 5.69 Å². The second kappa shape index (κ2) is 15.2. The molecule has 296 valence electrons. The highest BCUT2D eigenvalue weighted by Crippen LogP contribution is 2.40. The summed E-state index contributed by atoms with van der Waals surface area (Å²) in [6, 6.07) is 55.4. The van der Waals surface area contributed by atoms with Crippen LogP contribution in [0.3, 0.4) is 0 Å². The molecule has 0 saturated carbocycles. The lowest BCUT2D eigenvalue weighted by Crippen LogP contribution is -2.74. The summed E-state index contributed by atoms with van der Waals surface area (Å²) in [5, 5.41) is 6.02. The highest BCUT2D eigenvalue weighted by molar-refractivity contribution is 7.20. The van der Waals surface area contributed by atoms with E-state index in [1.54, 1.807) is 0 Å². The van der Waals surface area contributed by atoms with Crippen LogP contribution in [0.25, 0.3) is 77.2 Å². The summed E-state index contributed by atoms with van der Waals surface area (Å²) in [5.41, 5.74) is 4.04. The number of benzene rings is 10. The maximum Gasteiger partial charge on any atom is 0.180 e. The molecule has 0 aliphatic heterocycles. The first kappa shape index (κ1) is 26.4. The van der Waals surface area contributed by atoms with Gasteiger partial charge in [0.1, 0.15) is 0 Å². The number of para-hydroxylation sites is 2. The van der Waals surface area contributed by atoms with Crippen LogP contribution in [0.4, 0.5) is 0 Å². The molecule has 0 unspecified atom stereocenters. The summed E-state index contributed by atoms with van der Waals surface area (Å²) < 4.78 is 113. The molecule has 0 fully saturated rings. The van der Waals surface area contributed by atoms with Crippen LogP contribution in [0.2, 0.25) is 0 Å². The van der Waals surface area contributed by atoms with Crippen LogP contribution >= 0.6 is 0 Å². The molecule has 12 aromatic rings. The van der Waals surface area contributed by atoms with Gasteiger partial charge in [0.15, 0.2) is 8.07 Å². The lowest BCUT2D eigenvalue weighted by atomic mass is 10.0. The molecule has 0 saturated heterocycles. The Bertz CT molecular complexity index is 4190. The predicted octanol–water partition coefficient (Wildman–Crippen LogP) is 12.6. The van der Waals surface area contributed by atoms with E-state index in [9.17, 15) is 6.85 Å². The molecule has 0 amide bonds. The van der Waals surface area contributed by atoms with Crippen LogP contribution in [0.5, 0.6) is 0 Å². The Kier molecular flexibility index (Phi) is 6.35. The number of nitrogens with zero attached hydrogens (tertiary/aromatic N) is 2. The zero-order valence-electron chi connectivity index (χ0n) is 45.7. The van der Waals surface area contributed by atoms with Gasteiger partial charge in [-0.1, -0.05) is 206 Å². The molecule has 0 spiro atoms. The van der Waals surface area contributed by atoms with Crippen molar-refractivity contribution in [2.45, 2.75) is 0 Å². The van der Waals surface area contributed by atoms with Crippen molar-refractivity contribution >= 4 is 72.4 Å². The van der Waals surface area contributed by atoms with Gasteiger partial charge < -0.3 is 9.13 Å². The van der Waals surface area contributed by atoms with Crippen LogP contribution in [-0.2, 0) is 0 Å². The highest BCUT2D eigenvalue weighted by atomic mass is 28.3. The minimum Gasteiger partial charge on any atom is -0.309 e. The fourth-order valence-electron chi connectivity index (χ4n) is 9.60. The van der Waals surface area contributed by atoms with Crippen molar-refractivity contribution in [1.82, 2.24) is 9.13 Å². The Hall–Kier alpha value is -7.98. The standard InChI is InChI=1S/C60H42N2Si/c1-6-21-43(22-7-1)45-37-39-56-52(41-45)51-32-17-19-34-55(51)61(56)46-38-40-57-53(42-46)60-58(62(57)54-33-18-16-31-50(54)44-23-8-2-9-24-44)35-20-36-59(60)63(47-25-10-3-11-26-47,48-27-12-4-13-28-48)49-29-14-5-15-30-49/h1-42H/i1D,6D,7D,17D,19D,21D,22D,32D,34D,37D,39D,41D. The molecule has 0 aliphatic carbocycles. The van der Waals surface area contributed by atoms with Crippen molar-refractivity contribution in [3.63, 3.8) is 0 Å². The second-order valence-electron chi connectivity index (χ2n) is 15.5. The van der Waals surface area contributed by atoms with Gasteiger partial charge in [-0.3, -0.25) is 0 Å². The van der Waals surface area contributed by atoms with Crippen LogP contribution in [0.15, 0.2) is 255 Å². The van der Waals surface area contributed by atoms with Crippen molar-refractivity contribution in [3.8, 4) is 33.6 Å². The SMILES string of the molecule is [2H]c1c([2H])c([2H])c(-c2c([2H])c([2H])c3c(c2[2H])c2c([2H])c([2H])c([2H])c([2H])c2n3-c2ccc3c(c2)c2c([Si](c4ccccc4)(c4ccccc4)c4ccccc4)cccc2n3-c2ccccc2-c2ccccc2)c([2H])c1[2H]. The lowest BCUT2D eigenvalue weighted by Gasteiger charge is -2.35. The fraction of sp³-hybridized carbons (Fsp3) is 0. The average Bonchev–Trinajstić information content (AvgIpc) is 4.02. The molecule has 10 aromatic carbocycles. The number of aromatic nitrogens is 2. The molecule has 0 N–H and O–H groups in total. The maximum atomic E-state index is 9.82. The molecule has 2 nitrogen and oxygen atoms in total. The van der Waals surface area contributed by atoms with Gasteiger partial charge in [0.2, 0.25) is 0 Å². The van der Waals surface area contributed by atoms with Gasteiger partial charge in [-0.05, 0) is 85.9 Å². The molecule has 0 bridgehead atoms. The Morgan fingerprint density at radius 2 is 0.968 bits per heavy atom. The molecule has 12 rings (SSSR count). The lowest BCUT2D eigenvalue weighted by molar-refractivity contribution is 1.17.